The second kappa shape index (κ2) is 15.2. The van der Waals surface area contributed by atoms with Crippen LogP contribution in [0.3, 0.4) is 0 Å². The van der Waals surface area contributed by atoms with Crippen molar-refractivity contribution < 1.29 is 8.83 Å². The summed E-state index contributed by atoms with van der Waals surface area (Å²) in [6.07, 6.45) is 0. The molecule has 0 N–H and O–H groups in total. The molecule has 11 rings (SSSR count). The second-order valence-electron chi connectivity index (χ2n) is 17.3. The van der Waals surface area contributed by atoms with Crippen LogP contribution in [0.15, 0.2) is 179 Å². The van der Waals surface area contributed by atoms with Gasteiger partial charge in [0.15, 0.2) is 0 Å². The lowest BCUT2D eigenvalue weighted by molar-refractivity contribution is 0.664. The molecule has 0 aliphatic carbocycles. The highest BCUT2D eigenvalue weighted by molar-refractivity contribution is 6.18. The highest BCUT2D eigenvalue weighted by Gasteiger charge is 2.19. The molecule has 0 unspecified atom stereocenters. The molecule has 9 aromatic carbocycles. The molecule has 306 valence electrons. The van der Waals surface area contributed by atoms with Crippen molar-refractivity contribution in [3.63, 3.8) is 0 Å². The number of nitriles is 2. The third-order valence-electron chi connectivity index (χ3n) is 12.6. The number of nitrogens with zero attached hydrogens (tertiary/aromatic N) is 4. The van der Waals surface area contributed by atoms with Gasteiger partial charge < -0.3 is 18.6 Å². The fraction of sp³-hybridized carbons (Fsp3) is 0.103. The van der Waals surface area contributed by atoms with E-state index in [1.54, 1.807) is 0 Å². The highest BCUT2D eigenvalue weighted by atomic mass is 16.3. The van der Waals surface area contributed by atoms with Crippen molar-refractivity contribution >= 4 is 99.5 Å². The summed E-state index contributed by atoms with van der Waals surface area (Å²) in [5.41, 5.74) is 13.1. The number of rotatable bonds is 8. The quantitative estimate of drug-likeness (QED) is 0.152. The maximum absolute atomic E-state index is 9.50. The molecular formula is C58H42N4O2. The Hall–Kier alpha value is -8.32. The second-order valence-corrected chi connectivity index (χ2v) is 17.3. The van der Waals surface area contributed by atoms with Crippen LogP contribution in [0.2, 0.25) is 0 Å². The molecule has 0 bridgehead atoms. The predicted octanol–water partition coefficient (Wildman–Crippen LogP) is 16.7. The molecule has 0 atom stereocenters. The zero-order chi connectivity index (χ0) is 43.6. The van der Waals surface area contributed by atoms with Crippen molar-refractivity contribution in [2.45, 2.75) is 39.5 Å². The van der Waals surface area contributed by atoms with Gasteiger partial charge in [0, 0.05) is 55.7 Å². The van der Waals surface area contributed by atoms with Gasteiger partial charge in [-0.3, -0.25) is 0 Å². The van der Waals surface area contributed by atoms with Crippen molar-refractivity contribution in [1.29, 1.82) is 10.5 Å². The van der Waals surface area contributed by atoms with E-state index in [1.807, 2.05) is 48.5 Å². The molecule has 0 saturated carbocycles. The van der Waals surface area contributed by atoms with Crippen LogP contribution in [0.1, 0.15) is 61.8 Å². The fourth-order valence-corrected chi connectivity index (χ4v) is 9.06. The summed E-state index contributed by atoms with van der Waals surface area (Å²) in [6.45, 7) is 8.81. The first kappa shape index (κ1) is 38.6. The van der Waals surface area contributed by atoms with Gasteiger partial charge in [-0.1, -0.05) is 64.1 Å². The van der Waals surface area contributed by atoms with Gasteiger partial charge in [-0.15, -0.1) is 0 Å². The van der Waals surface area contributed by atoms with E-state index in [2.05, 4.69) is 171 Å². The molecule has 6 heteroatoms. The van der Waals surface area contributed by atoms with Gasteiger partial charge in [0.2, 0.25) is 0 Å². The first-order valence-corrected chi connectivity index (χ1v) is 21.7. The van der Waals surface area contributed by atoms with Gasteiger partial charge in [0.05, 0.1) is 23.3 Å². The Balaban J connectivity index is 0.980. The van der Waals surface area contributed by atoms with Crippen LogP contribution in [-0.4, -0.2) is 0 Å². The van der Waals surface area contributed by atoms with E-state index in [9.17, 15) is 10.5 Å². The number of benzene rings is 9. The summed E-state index contributed by atoms with van der Waals surface area (Å²) < 4.78 is 13.3. The highest BCUT2D eigenvalue weighted by Crippen LogP contribution is 2.43. The van der Waals surface area contributed by atoms with Crippen molar-refractivity contribution in [1.82, 2.24) is 0 Å². The molecule has 64 heavy (non-hydrogen) atoms. The summed E-state index contributed by atoms with van der Waals surface area (Å²) in [5, 5.41) is 27.4. The van der Waals surface area contributed by atoms with Gasteiger partial charge in [-0.2, -0.15) is 10.5 Å². The minimum absolute atomic E-state index is 0.430. The summed E-state index contributed by atoms with van der Waals surface area (Å²) >= 11 is 0. The van der Waals surface area contributed by atoms with Crippen LogP contribution < -0.4 is 9.80 Å². The fourth-order valence-electron chi connectivity index (χ4n) is 9.06. The number of furan rings is 2. The van der Waals surface area contributed by atoms with E-state index in [1.165, 1.54) is 11.1 Å². The summed E-state index contributed by atoms with van der Waals surface area (Å²) in [4.78, 5) is 4.46. The molecule has 0 fully saturated rings. The molecular weight excluding hydrogens is 785 g/mol. The molecule has 2 aromatic heterocycles. The first-order chi connectivity index (χ1) is 31.2. The zero-order valence-electron chi connectivity index (χ0n) is 35.9. The number of hydrogen-bond donors (Lipinski definition) is 0. The van der Waals surface area contributed by atoms with E-state index in [0.29, 0.717) is 23.0 Å². The zero-order valence-corrected chi connectivity index (χ0v) is 35.9. The summed E-state index contributed by atoms with van der Waals surface area (Å²) in [7, 11) is 0. The molecule has 0 saturated heterocycles. The van der Waals surface area contributed by atoms with E-state index >= 15 is 0 Å². The van der Waals surface area contributed by atoms with Crippen LogP contribution in [0.25, 0.3) is 65.4 Å². The average molecular weight is 827 g/mol. The van der Waals surface area contributed by atoms with Crippen molar-refractivity contribution in [3.8, 4) is 12.1 Å². The molecule has 11 aromatic rings. The van der Waals surface area contributed by atoms with Gasteiger partial charge in [-0.25, -0.2) is 0 Å². The molecule has 0 radical (unpaired) electrons. The largest absolute Gasteiger partial charge is 0.456 e. The number of hydrogen-bond acceptors (Lipinski definition) is 6. The Morgan fingerprint density at radius 3 is 1.00 bits per heavy atom. The van der Waals surface area contributed by atoms with Gasteiger partial charge in [0.1, 0.15) is 22.3 Å². The Labute approximate surface area is 371 Å². The van der Waals surface area contributed by atoms with Gasteiger partial charge in [0.25, 0.3) is 0 Å². The van der Waals surface area contributed by atoms with Crippen LogP contribution in [-0.2, 0) is 0 Å². The van der Waals surface area contributed by atoms with Crippen LogP contribution >= 0.6 is 0 Å². The SMILES string of the molecule is CC(C)c1ccc(N(c2ccc(C#N)cc2)c2ccc3cc4c(cc3c2)oc2cc3c(cc24)oc2cc4cc(N(c5ccc(C#N)cc5)c5ccc(C(C)C)cc5)ccc4cc23)cc1. The monoisotopic (exact) mass is 826 g/mol. The molecule has 0 amide bonds. The van der Waals surface area contributed by atoms with Crippen LogP contribution in [0, 0.1) is 22.7 Å². The number of fused-ring (bicyclic) bond motifs is 8. The van der Waals surface area contributed by atoms with Crippen LogP contribution in [0.5, 0.6) is 0 Å². The lowest BCUT2D eigenvalue weighted by Gasteiger charge is -2.26. The van der Waals surface area contributed by atoms with Crippen molar-refractivity contribution in [3.05, 3.63) is 192 Å². The van der Waals surface area contributed by atoms with E-state index < -0.39 is 0 Å². The summed E-state index contributed by atoms with van der Waals surface area (Å²) in [5.74, 6) is 0.859. The lowest BCUT2D eigenvalue weighted by atomic mass is 10.0. The Morgan fingerprint density at radius 1 is 0.344 bits per heavy atom. The molecule has 0 spiro atoms. The predicted molar refractivity (Wildman–Crippen MR) is 263 cm³/mol. The maximum Gasteiger partial charge on any atom is 0.136 e. The Morgan fingerprint density at radius 2 is 0.656 bits per heavy atom. The average Bonchev–Trinajstić information content (AvgIpc) is 3.85. The minimum atomic E-state index is 0.430. The third-order valence-corrected chi connectivity index (χ3v) is 12.6. The van der Waals surface area contributed by atoms with E-state index in [-0.39, 0.29) is 0 Å². The number of anilines is 6. The standard InChI is InChI=1S/C58H42N4O2/c1-35(2)39-9-19-47(20-10-39)61(45-15-5-37(33-59)6-16-45)49-23-13-41-27-51-53-31-58-54(32-57(53)63-55(51)29-43(41)25-49)52-28-42-14-24-50(26-44(42)30-56(52)64-58)62(46-17-7-38(34-60)8-18-46)48-21-11-40(12-22-48)36(3)4/h5-32,35-36H,1-4H3. The smallest absolute Gasteiger partial charge is 0.136 e. The Kier molecular flexibility index (Phi) is 9.19. The van der Waals surface area contributed by atoms with Crippen molar-refractivity contribution in [2.75, 3.05) is 9.80 Å². The topological polar surface area (TPSA) is 80.3 Å². The van der Waals surface area contributed by atoms with E-state index in [4.69, 9.17) is 8.83 Å². The van der Waals surface area contributed by atoms with Gasteiger partial charge >= 0.3 is 0 Å². The normalized spacial score (nSPS) is 11.7. The minimum Gasteiger partial charge on any atom is -0.456 e. The Bertz CT molecular complexity index is 3430. The summed E-state index contributed by atoms with van der Waals surface area (Å²) in [6, 6.07) is 63.4. The van der Waals surface area contributed by atoms with Gasteiger partial charge in [-0.05, 0) is 178 Å². The third kappa shape index (κ3) is 6.65. The maximum atomic E-state index is 9.50. The molecule has 6 nitrogen and oxygen atoms in total. The van der Waals surface area contributed by atoms with Crippen molar-refractivity contribution in [2.24, 2.45) is 0 Å². The lowest BCUT2D eigenvalue weighted by Crippen LogP contribution is -2.10. The van der Waals surface area contributed by atoms with E-state index in [0.717, 1.165) is 99.5 Å². The molecule has 0 aliphatic heterocycles. The molecule has 2 heterocycles. The van der Waals surface area contributed by atoms with Crippen LogP contribution in [0.4, 0.5) is 34.1 Å². The first-order valence-electron chi connectivity index (χ1n) is 21.7. The molecule has 0 aliphatic rings.